The lowest BCUT2D eigenvalue weighted by molar-refractivity contribution is 0.815. The van der Waals surface area contributed by atoms with Crippen LogP contribution in [0.2, 0.25) is 0 Å². The molecule has 0 aliphatic carbocycles. The van der Waals surface area contributed by atoms with E-state index >= 15 is 0 Å². The normalized spacial score (nSPS) is 15.4. The quantitative estimate of drug-likeness (QED) is 0.321. The lowest BCUT2D eigenvalue weighted by Gasteiger charge is -2.12. The van der Waals surface area contributed by atoms with Gasteiger partial charge < -0.3 is 0 Å². The van der Waals surface area contributed by atoms with E-state index in [0.717, 1.165) is 6.42 Å². The van der Waals surface area contributed by atoms with Crippen molar-refractivity contribution in [3.8, 4) is 0 Å². The van der Waals surface area contributed by atoms with Crippen LogP contribution in [0.4, 0.5) is 0 Å². The molecule has 0 bridgehead atoms. The molecule has 0 aliphatic rings. The fraction of sp³-hybridized carbons (Fsp3) is 0.333. The van der Waals surface area contributed by atoms with Gasteiger partial charge in [0.2, 0.25) is 0 Å². The van der Waals surface area contributed by atoms with E-state index in [0.29, 0.717) is 0 Å². The van der Waals surface area contributed by atoms with Gasteiger partial charge in [-0.15, -0.1) is 11.1 Å². The zero-order valence-electron chi connectivity index (χ0n) is 8.92. The molecule has 1 aromatic carbocycles. The molecular formula is C12H16ClISi. The first-order chi connectivity index (χ1) is 7.17. The first-order valence-corrected chi connectivity index (χ1v) is 11.5. The zero-order valence-corrected chi connectivity index (χ0v) is 12.8. The summed E-state index contributed by atoms with van der Waals surface area (Å²) in [7, 11) is 0. The third kappa shape index (κ3) is 4.70. The molecule has 1 rings (SSSR count). The maximum atomic E-state index is 6.58. The maximum absolute atomic E-state index is 6.58. The number of rotatable bonds is 5. The molecular weight excluding hydrogens is 335 g/mol. The van der Waals surface area contributed by atoms with Gasteiger partial charge in [0.15, 0.2) is 0 Å². The van der Waals surface area contributed by atoms with Crippen molar-refractivity contribution >= 4 is 42.9 Å². The Labute approximate surface area is 111 Å². The van der Waals surface area contributed by atoms with Gasteiger partial charge in [-0.05, 0) is 11.6 Å². The Morgan fingerprint density at radius 3 is 2.60 bits per heavy atom. The minimum atomic E-state index is -1.87. The van der Waals surface area contributed by atoms with E-state index in [2.05, 4.69) is 64.8 Å². The van der Waals surface area contributed by atoms with Crippen molar-refractivity contribution in [1.82, 2.24) is 0 Å². The van der Waals surface area contributed by atoms with Crippen LogP contribution in [0.15, 0.2) is 42.1 Å². The highest BCUT2D eigenvalue weighted by Gasteiger charge is 2.25. The molecule has 0 amide bonds. The van der Waals surface area contributed by atoms with Gasteiger partial charge >= 0.3 is 0 Å². The van der Waals surface area contributed by atoms with Gasteiger partial charge in [-0.25, -0.2) is 0 Å². The first kappa shape index (κ1) is 13.3. The molecule has 0 spiro atoms. The number of hydrogen-bond acceptors (Lipinski definition) is 0. The summed E-state index contributed by atoms with van der Waals surface area (Å²) in [5.74, 6) is 0. The van der Waals surface area contributed by atoms with Crippen molar-refractivity contribution in [2.75, 3.05) is 0 Å². The Morgan fingerprint density at radius 2 is 2.00 bits per heavy atom. The SMILES string of the molecule is CCCCC=C[Si](Cl)(I)c1ccccc1. The summed E-state index contributed by atoms with van der Waals surface area (Å²) < 4.78 is 0. The molecule has 0 fully saturated rings. The number of halogens is 2. The van der Waals surface area contributed by atoms with Gasteiger partial charge in [-0.2, -0.15) is 0 Å². The van der Waals surface area contributed by atoms with E-state index in [-0.39, 0.29) is 0 Å². The average molecular weight is 351 g/mol. The first-order valence-electron chi connectivity index (χ1n) is 5.28. The molecule has 0 heterocycles. The van der Waals surface area contributed by atoms with Crippen molar-refractivity contribution in [1.29, 1.82) is 0 Å². The van der Waals surface area contributed by atoms with Crippen LogP contribution >= 0.6 is 32.9 Å². The number of hydrogen-bond donors (Lipinski definition) is 0. The predicted octanol–water partition coefficient (Wildman–Crippen LogP) is 4.30. The topological polar surface area (TPSA) is 0 Å². The Bertz CT molecular complexity index is 309. The van der Waals surface area contributed by atoms with E-state index in [1.54, 1.807) is 0 Å². The minimum absolute atomic E-state index is 1.15. The van der Waals surface area contributed by atoms with Crippen LogP contribution in [0, 0.1) is 0 Å². The van der Waals surface area contributed by atoms with Crippen LogP contribution in [0.25, 0.3) is 0 Å². The van der Waals surface area contributed by atoms with Gasteiger partial charge in [-0.3, -0.25) is 0 Å². The van der Waals surface area contributed by atoms with Crippen molar-refractivity contribution in [2.24, 2.45) is 0 Å². The summed E-state index contributed by atoms with van der Waals surface area (Å²) in [6, 6.07) is 10.4. The van der Waals surface area contributed by atoms with E-state index in [1.165, 1.54) is 18.0 Å². The fourth-order valence-corrected chi connectivity index (χ4v) is 5.09. The van der Waals surface area contributed by atoms with Crippen LogP contribution in [-0.4, -0.2) is 4.88 Å². The summed E-state index contributed by atoms with van der Waals surface area (Å²) in [6.45, 7) is 2.21. The van der Waals surface area contributed by atoms with Crippen LogP contribution in [0.1, 0.15) is 26.2 Å². The van der Waals surface area contributed by atoms with E-state index in [9.17, 15) is 0 Å². The Kier molecular flexibility index (Phi) is 5.93. The molecule has 1 unspecified atom stereocenters. The molecule has 1 atom stereocenters. The number of benzene rings is 1. The van der Waals surface area contributed by atoms with Gasteiger partial charge in [0, 0.05) is 0 Å². The number of allylic oxidation sites excluding steroid dienone is 1. The number of unbranched alkanes of at least 4 members (excludes halogenated alkanes) is 2. The lowest BCUT2D eigenvalue weighted by Crippen LogP contribution is -2.33. The van der Waals surface area contributed by atoms with E-state index in [4.69, 9.17) is 11.1 Å². The monoisotopic (exact) mass is 350 g/mol. The molecule has 1 aromatic rings. The molecule has 82 valence electrons. The predicted molar refractivity (Wildman–Crippen MR) is 80.4 cm³/mol. The van der Waals surface area contributed by atoms with E-state index < -0.39 is 4.88 Å². The average Bonchev–Trinajstić information content (AvgIpc) is 2.26. The molecule has 0 aliphatic heterocycles. The standard InChI is InChI=1S/C12H16ClISi/c1-2-3-4-8-11-15(13,14)12-9-6-5-7-10-12/h5-11H,2-4H2,1H3. The van der Waals surface area contributed by atoms with Crippen LogP contribution in [0.5, 0.6) is 0 Å². The van der Waals surface area contributed by atoms with Crippen LogP contribution < -0.4 is 5.19 Å². The second kappa shape index (κ2) is 6.71. The summed E-state index contributed by atoms with van der Waals surface area (Å²) in [6.07, 6.45) is 5.88. The molecule has 3 heteroatoms. The largest absolute Gasteiger partial charge is 0.273 e. The smallest absolute Gasteiger partial charge is 0.142 e. The molecule has 0 saturated carbocycles. The molecule has 15 heavy (non-hydrogen) atoms. The zero-order chi connectivity index (χ0) is 11.1. The van der Waals surface area contributed by atoms with Crippen LogP contribution in [0.3, 0.4) is 0 Å². The maximum Gasteiger partial charge on any atom is 0.273 e. The Hall–Kier alpha value is 0.197. The second-order valence-electron chi connectivity index (χ2n) is 3.53. The molecule has 0 aromatic heterocycles. The summed E-state index contributed by atoms with van der Waals surface area (Å²) >= 11 is 8.99. The summed E-state index contributed by atoms with van der Waals surface area (Å²) in [4.78, 5) is -1.87. The third-order valence-corrected chi connectivity index (χ3v) is 7.95. The summed E-state index contributed by atoms with van der Waals surface area (Å²) in [5.41, 5.74) is 2.22. The summed E-state index contributed by atoms with van der Waals surface area (Å²) in [5, 5.41) is 1.28. The van der Waals surface area contributed by atoms with E-state index in [1.807, 2.05) is 6.07 Å². The van der Waals surface area contributed by atoms with Crippen molar-refractivity contribution in [3.63, 3.8) is 0 Å². The lowest BCUT2D eigenvalue weighted by atomic mass is 10.2. The van der Waals surface area contributed by atoms with Crippen molar-refractivity contribution in [3.05, 3.63) is 42.1 Å². The van der Waals surface area contributed by atoms with Gasteiger partial charge in [0.05, 0.1) is 0 Å². The van der Waals surface area contributed by atoms with Gasteiger partial charge in [-0.1, -0.05) is 83.7 Å². The van der Waals surface area contributed by atoms with Gasteiger partial charge in [0.25, 0.3) is 4.88 Å². The van der Waals surface area contributed by atoms with Crippen molar-refractivity contribution in [2.45, 2.75) is 26.2 Å². The fourth-order valence-electron chi connectivity index (χ4n) is 1.31. The molecule has 0 saturated heterocycles. The Balaban J connectivity index is 2.63. The molecule has 0 N–H and O–H groups in total. The minimum Gasteiger partial charge on any atom is -0.142 e. The highest BCUT2D eigenvalue weighted by Crippen LogP contribution is 2.20. The van der Waals surface area contributed by atoms with Gasteiger partial charge in [0.1, 0.15) is 0 Å². The third-order valence-electron chi connectivity index (χ3n) is 2.21. The molecule has 0 radical (unpaired) electrons. The van der Waals surface area contributed by atoms with Crippen LogP contribution in [-0.2, 0) is 0 Å². The Morgan fingerprint density at radius 1 is 1.33 bits per heavy atom. The highest BCUT2D eigenvalue weighted by atomic mass is 127. The molecule has 0 nitrogen and oxygen atoms in total. The highest BCUT2D eigenvalue weighted by molar-refractivity contribution is 14.1. The van der Waals surface area contributed by atoms with Crippen molar-refractivity contribution < 1.29 is 0 Å². The second-order valence-corrected chi connectivity index (χ2v) is 14.5.